The predicted octanol–water partition coefficient (Wildman–Crippen LogP) is 5.10. The number of fused-ring (bicyclic) bond motifs is 2. The molecule has 0 aliphatic heterocycles. The van der Waals surface area contributed by atoms with Crippen LogP contribution >= 0.6 is 0 Å². The summed E-state index contributed by atoms with van der Waals surface area (Å²) < 4.78 is 23.2. The number of hydrogen-bond acceptors (Lipinski definition) is 4. The average molecular weight is 436 g/mol. The number of oxazole rings is 1. The summed E-state index contributed by atoms with van der Waals surface area (Å²) in [7, 11) is 0.578. The van der Waals surface area contributed by atoms with Gasteiger partial charge in [0.05, 0.1) is 0 Å². The standard InChI is InChI=1S/C24H25N3O3S/c1-3-31(29)26-16-12-19(20-14-27(2)24(28)18-11-7-6-10-17(18)20)22-21(13-16)25-23(30-22)15-8-4-5-9-15/h6-7,10-15,26H,3-5,8-9H2,1-2H3. The van der Waals surface area contributed by atoms with Crippen molar-refractivity contribution in [2.45, 2.75) is 38.5 Å². The third kappa shape index (κ3) is 3.57. The Bertz CT molecular complexity index is 1370. The predicted molar refractivity (Wildman–Crippen MR) is 126 cm³/mol. The molecule has 1 unspecified atom stereocenters. The van der Waals surface area contributed by atoms with Crippen molar-refractivity contribution in [3.05, 3.63) is 58.8 Å². The molecule has 2 aromatic carbocycles. The molecule has 0 saturated heterocycles. The topological polar surface area (TPSA) is 77.1 Å². The SMILES string of the molecule is CCS(=O)Nc1cc(-c2cn(C)c(=O)c3ccccc23)c2oc(C3CCCC3)nc2c1. The average Bonchev–Trinajstić information content (AvgIpc) is 3.45. The van der Waals surface area contributed by atoms with Gasteiger partial charge in [0.15, 0.2) is 11.5 Å². The fraction of sp³-hybridized carbons (Fsp3) is 0.333. The van der Waals surface area contributed by atoms with Gasteiger partial charge in [0.25, 0.3) is 5.56 Å². The van der Waals surface area contributed by atoms with Gasteiger partial charge in [0.1, 0.15) is 16.5 Å². The van der Waals surface area contributed by atoms with Crippen LogP contribution in [0.4, 0.5) is 5.69 Å². The molecule has 4 aromatic rings. The Labute approximate surface area is 182 Å². The first-order valence-corrected chi connectivity index (χ1v) is 12.1. The highest BCUT2D eigenvalue weighted by atomic mass is 32.2. The summed E-state index contributed by atoms with van der Waals surface area (Å²) in [4.78, 5) is 17.5. The van der Waals surface area contributed by atoms with E-state index in [0.717, 1.165) is 46.4 Å². The highest BCUT2D eigenvalue weighted by Gasteiger charge is 2.24. The molecule has 31 heavy (non-hydrogen) atoms. The third-order valence-corrected chi connectivity index (χ3v) is 7.07. The molecule has 5 rings (SSSR count). The second-order valence-corrected chi connectivity index (χ2v) is 9.62. The molecule has 2 heterocycles. The number of nitrogens with one attached hydrogen (secondary N) is 1. The van der Waals surface area contributed by atoms with E-state index in [2.05, 4.69) is 4.72 Å². The van der Waals surface area contributed by atoms with Crippen molar-refractivity contribution in [3.63, 3.8) is 0 Å². The lowest BCUT2D eigenvalue weighted by atomic mass is 9.99. The molecule has 2 aromatic heterocycles. The van der Waals surface area contributed by atoms with Gasteiger partial charge in [0, 0.05) is 47.1 Å². The minimum atomic E-state index is -1.18. The molecule has 0 amide bonds. The Morgan fingerprint density at radius 3 is 2.65 bits per heavy atom. The lowest BCUT2D eigenvalue weighted by molar-refractivity contribution is 0.474. The summed E-state index contributed by atoms with van der Waals surface area (Å²) in [5, 5.41) is 1.51. The minimum absolute atomic E-state index is 0.0406. The highest BCUT2D eigenvalue weighted by Crippen LogP contribution is 2.40. The summed E-state index contributed by atoms with van der Waals surface area (Å²) in [6, 6.07) is 11.5. The van der Waals surface area contributed by atoms with E-state index >= 15 is 0 Å². The van der Waals surface area contributed by atoms with Crippen LogP contribution in [0.2, 0.25) is 0 Å². The lowest BCUT2D eigenvalue weighted by Gasteiger charge is -2.12. The third-order valence-electron chi connectivity index (χ3n) is 6.09. The van der Waals surface area contributed by atoms with Crippen LogP contribution in [0.3, 0.4) is 0 Å². The quantitative estimate of drug-likeness (QED) is 0.473. The first-order chi connectivity index (χ1) is 15.0. The molecule has 1 saturated carbocycles. The van der Waals surface area contributed by atoms with Gasteiger partial charge >= 0.3 is 0 Å². The maximum atomic E-state index is 12.7. The van der Waals surface area contributed by atoms with E-state index < -0.39 is 11.0 Å². The fourth-order valence-corrected chi connectivity index (χ4v) is 5.02. The smallest absolute Gasteiger partial charge is 0.258 e. The van der Waals surface area contributed by atoms with Crippen LogP contribution in [0.1, 0.15) is 44.4 Å². The van der Waals surface area contributed by atoms with E-state index in [1.807, 2.05) is 49.5 Å². The van der Waals surface area contributed by atoms with E-state index in [0.29, 0.717) is 22.6 Å². The number of aryl methyl sites for hydroxylation is 1. The van der Waals surface area contributed by atoms with E-state index in [1.165, 1.54) is 12.8 Å². The summed E-state index contributed by atoms with van der Waals surface area (Å²) in [6.45, 7) is 1.87. The number of rotatable bonds is 5. The fourth-order valence-electron chi connectivity index (χ4n) is 4.49. The van der Waals surface area contributed by atoms with Gasteiger partial charge < -0.3 is 13.7 Å². The molecule has 160 valence electrons. The van der Waals surface area contributed by atoms with Gasteiger partial charge in [-0.15, -0.1) is 0 Å². The van der Waals surface area contributed by atoms with Gasteiger partial charge in [-0.05, 0) is 36.4 Å². The molecule has 1 aliphatic carbocycles. The number of nitrogens with zero attached hydrogens (tertiary/aromatic N) is 2. The second-order valence-electron chi connectivity index (χ2n) is 8.15. The Morgan fingerprint density at radius 1 is 1.16 bits per heavy atom. The Kier molecular flexibility index (Phi) is 5.14. The number of benzene rings is 2. The molecular formula is C24H25N3O3S. The zero-order valence-electron chi connectivity index (χ0n) is 17.7. The van der Waals surface area contributed by atoms with Crippen LogP contribution in [-0.2, 0) is 18.0 Å². The van der Waals surface area contributed by atoms with Crippen LogP contribution in [-0.4, -0.2) is 19.5 Å². The minimum Gasteiger partial charge on any atom is -0.440 e. The Hall–Kier alpha value is -2.93. The maximum absolute atomic E-state index is 12.7. The van der Waals surface area contributed by atoms with Crippen molar-refractivity contribution in [3.8, 4) is 11.1 Å². The molecular weight excluding hydrogens is 410 g/mol. The van der Waals surface area contributed by atoms with Crippen LogP contribution < -0.4 is 10.3 Å². The van der Waals surface area contributed by atoms with Crippen LogP contribution in [0.5, 0.6) is 0 Å². The van der Waals surface area contributed by atoms with Gasteiger partial charge in [-0.2, -0.15) is 0 Å². The van der Waals surface area contributed by atoms with E-state index in [9.17, 15) is 9.00 Å². The van der Waals surface area contributed by atoms with Crippen molar-refractivity contribution in [1.82, 2.24) is 9.55 Å². The molecule has 0 spiro atoms. The monoisotopic (exact) mass is 435 g/mol. The second kappa shape index (κ2) is 7.96. The maximum Gasteiger partial charge on any atom is 0.258 e. The zero-order chi connectivity index (χ0) is 21.5. The zero-order valence-corrected chi connectivity index (χ0v) is 18.5. The lowest BCUT2D eigenvalue weighted by Crippen LogP contribution is -2.16. The summed E-state index contributed by atoms with van der Waals surface area (Å²) >= 11 is 0. The normalized spacial score (nSPS) is 15.7. The van der Waals surface area contributed by atoms with Gasteiger partial charge in [-0.25, -0.2) is 9.19 Å². The first-order valence-electron chi connectivity index (χ1n) is 10.7. The van der Waals surface area contributed by atoms with Crippen LogP contribution in [0, 0.1) is 0 Å². The number of aromatic nitrogens is 2. The van der Waals surface area contributed by atoms with Gasteiger partial charge in [-0.1, -0.05) is 38.0 Å². The van der Waals surface area contributed by atoms with E-state index in [1.54, 1.807) is 11.6 Å². The molecule has 0 bridgehead atoms. The molecule has 1 atom stereocenters. The molecule has 7 heteroatoms. The van der Waals surface area contributed by atoms with Crippen LogP contribution in [0.25, 0.3) is 33.0 Å². The van der Waals surface area contributed by atoms with E-state index in [4.69, 9.17) is 9.40 Å². The molecule has 0 radical (unpaired) electrons. The molecule has 1 fully saturated rings. The molecule has 6 nitrogen and oxygen atoms in total. The van der Waals surface area contributed by atoms with Crippen molar-refractivity contribution < 1.29 is 8.63 Å². The summed E-state index contributed by atoms with van der Waals surface area (Å²) in [6.07, 6.45) is 6.43. The Morgan fingerprint density at radius 2 is 1.90 bits per heavy atom. The summed E-state index contributed by atoms with van der Waals surface area (Å²) in [5.41, 5.74) is 3.87. The van der Waals surface area contributed by atoms with Crippen molar-refractivity contribution >= 4 is 38.5 Å². The van der Waals surface area contributed by atoms with Crippen molar-refractivity contribution in [2.75, 3.05) is 10.5 Å². The number of anilines is 1. The molecule has 1 N–H and O–H groups in total. The van der Waals surface area contributed by atoms with Crippen molar-refractivity contribution in [1.29, 1.82) is 0 Å². The number of pyridine rings is 1. The van der Waals surface area contributed by atoms with Gasteiger partial charge in [-0.3, -0.25) is 4.79 Å². The van der Waals surface area contributed by atoms with Crippen LogP contribution in [0.15, 0.2) is 51.8 Å². The largest absolute Gasteiger partial charge is 0.440 e. The molecule has 1 aliphatic rings. The Balaban J connectivity index is 1.79. The summed E-state index contributed by atoms with van der Waals surface area (Å²) in [5.74, 6) is 1.62. The first kappa shape index (κ1) is 20.0. The van der Waals surface area contributed by atoms with Crippen molar-refractivity contribution in [2.24, 2.45) is 7.05 Å². The van der Waals surface area contributed by atoms with E-state index in [-0.39, 0.29) is 5.56 Å². The van der Waals surface area contributed by atoms with Gasteiger partial charge in [0.2, 0.25) is 0 Å². The number of hydrogen-bond donors (Lipinski definition) is 1. The highest BCUT2D eigenvalue weighted by molar-refractivity contribution is 7.86.